The quantitative estimate of drug-likeness (QED) is 0.644. The molecule has 0 fully saturated rings. The molecule has 0 aliphatic heterocycles. The summed E-state index contributed by atoms with van der Waals surface area (Å²) >= 11 is -0.0827. The van der Waals surface area contributed by atoms with Crippen LogP contribution < -0.4 is 5.56 Å². The molecule has 4 heteroatoms. The second-order valence-electron chi connectivity index (χ2n) is 3.82. The van der Waals surface area contributed by atoms with E-state index >= 15 is 0 Å². The number of rotatable bonds is 1. The molecule has 3 rings (SSSR count). The maximum absolute atomic E-state index is 12.3. The topological polar surface area (TPSA) is 45.8 Å². The summed E-state index contributed by atoms with van der Waals surface area (Å²) in [7, 11) is 0. The monoisotopic (exact) mass is 300 g/mol. The van der Waals surface area contributed by atoms with E-state index in [9.17, 15) is 4.79 Å². The Morgan fingerprint density at radius 1 is 1.06 bits per heavy atom. The van der Waals surface area contributed by atoms with Crippen molar-refractivity contribution in [2.45, 2.75) is 0 Å². The Hall–Kier alpha value is -2.08. The number of para-hydroxylation sites is 1. The fraction of sp³-hybridized carbons (Fsp3) is 0. The number of benzene rings is 2. The zero-order chi connectivity index (χ0) is 12.5. The number of nitriles is 1. The van der Waals surface area contributed by atoms with Crippen LogP contribution in [0.3, 0.4) is 0 Å². The van der Waals surface area contributed by atoms with Gasteiger partial charge in [-0.05, 0) is 0 Å². The summed E-state index contributed by atoms with van der Waals surface area (Å²) in [6.45, 7) is 0. The predicted molar refractivity (Wildman–Crippen MR) is 71.2 cm³/mol. The maximum atomic E-state index is 12.3. The second-order valence-corrected chi connectivity index (χ2v) is 5.89. The number of fused-ring (bicyclic) bond motifs is 1. The third kappa shape index (κ3) is 1.62. The van der Waals surface area contributed by atoms with Crippen LogP contribution in [0, 0.1) is 11.3 Å². The molecule has 3 aromatic rings. The van der Waals surface area contributed by atoms with Crippen molar-refractivity contribution >= 4 is 24.4 Å². The van der Waals surface area contributed by atoms with Gasteiger partial charge in [0.05, 0.1) is 0 Å². The molecule has 0 aliphatic carbocycles. The Bertz CT molecular complexity index is 823. The van der Waals surface area contributed by atoms with Gasteiger partial charge in [0.1, 0.15) is 0 Å². The van der Waals surface area contributed by atoms with E-state index in [0.29, 0.717) is 11.3 Å². The predicted octanol–water partition coefficient (Wildman–Crippen LogP) is 1.92. The van der Waals surface area contributed by atoms with Crippen LogP contribution in [0.15, 0.2) is 53.3 Å². The van der Waals surface area contributed by atoms with E-state index < -0.39 is 0 Å². The second kappa shape index (κ2) is 4.30. The van der Waals surface area contributed by atoms with Crippen LogP contribution in [0.5, 0.6) is 0 Å². The third-order valence-corrected chi connectivity index (χ3v) is 5.04. The van der Waals surface area contributed by atoms with Crippen LogP contribution in [-0.4, -0.2) is 18.3 Å². The van der Waals surface area contributed by atoms with E-state index in [1.165, 1.54) is 0 Å². The van der Waals surface area contributed by atoms with Crippen molar-refractivity contribution in [3.63, 3.8) is 0 Å². The first-order valence-corrected chi connectivity index (χ1v) is 7.04. The number of nitrogens with zero attached hydrogens (tertiary/aromatic N) is 2. The Labute approximate surface area is 109 Å². The summed E-state index contributed by atoms with van der Waals surface area (Å²) in [5.74, 6) is 0. The van der Waals surface area contributed by atoms with Crippen LogP contribution >= 0.6 is 0 Å². The summed E-state index contributed by atoms with van der Waals surface area (Å²) in [5.41, 5.74) is 1.25. The van der Waals surface area contributed by atoms with Gasteiger partial charge in [0.2, 0.25) is 0 Å². The molecule has 0 N–H and O–H groups in total. The Kier molecular flexibility index (Phi) is 2.64. The minimum atomic E-state index is -0.0827. The van der Waals surface area contributed by atoms with Gasteiger partial charge >= 0.3 is 109 Å². The Balaban J connectivity index is 2.37. The van der Waals surface area contributed by atoms with Crippen molar-refractivity contribution < 1.29 is 0 Å². The first kappa shape index (κ1) is 11.0. The molecule has 0 saturated heterocycles. The van der Waals surface area contributed by atoms with Gasteiger partial charge < -0.3 is 0 Å². The molecule has 0 aliphatic rings. The Morgan fingerprint density at radius 2 is 1.78 bits per heavy atom. The zero-order valence-corrected chi connectivity index (χ0v) is 11.0. The normalized spacial score (nSPS) is 10.4. The van der Waals surface area contributed by atoms with Gasteiger partial charge in [-0.2, -0.15) is 0 Å². The Morgan fingerprint density at radius 3 is 2.56 bits per heavy atom. The summed E-state index contributed by atoms with van der Waals surface area (Å²) in [4.78, 5) is 12.3. The first-order chi connectivity index (χ1) is 8.81. The average molecular weight is 299 g/mol. The van der Waals surface area contributed by atoms with Crippen LogP contribution in [0.2, 0.25) is 0 Å². The van der Waals surface area contributed by atoms with E-state index in [-0.39, 0.29) is 20.3 Å². The molecule has 0 unspecified atom stereocenters. The standard InChI is InChI=1S/C14H8N2OSe/c15-9-10-5-1-3-7-12(10)16-14(17)11-6-2-4-8-13(11)18-16/h1-8H. The summed E-state index contributed by atoms with van der Waals surface area (Å²) in [5, 5.41) is 9.86. The molecule has 0 saturated carbocycles. The molecule has 0 amide bonds. The molecule has 1 heterocycles. The molecule has 1 aromatic heterocycles. The van der Waals surface area contributed by atoms with Crippen molar-refractivity contribution in [1.29, 1.82) is 5.26 Å². The minimum absolute atomic E-state index is 0.00620. The molecular weight excluding hydrogens is 291 g/mol. The number of aromatic nitrogens is 1. The molecule has 0 radical (unpaired) electrons. The summed E-state index contributed by atoms with van der Waals surface area (Å²) in [6, 6.07) is 17.0. The first-order valence-electron chi connectivity index (χ1n) is 5.42. The molecule has 0 spiro atoms. The molecule has 0 atom stereocenters. The van der Waals surface area contributed by atoms with Crippen molar-refractivity contribution in [2.24, 2.45) is 0 Å². The third-order valence-electron chi connectivity index (χ3n) is 2.73. The fourth-order valence-corrected chi connectivity index (χ4v) is 4.03. The van der Waals surface area contributed by atoms with Gasteiger partial charge in [-0.1, -0.05) is 0 Å². The van der Waals surface area contributed by atoms with Crippen LogP contribution in [-0.2, 0) is 0 Å². The van der Waals surface area contributed by atoms with Gasteiger partial charge in [0.25, 0.3) is 0 Å². The molecule has 0 bridgehead atoms. The van der Waals surface area contributed by atoms with Gasteiger partial charge in [-0.25, -0.2) is 0 Å². The van der Waals surface area contributed by atoms with Crippen LogP contribution in [0.25, 0.3) is 15.3 Å². The fourth-order valence-electron chi connectivity index (χ4n) is 1.88. The van der Waals surface area contributed by atoms with E-state index in [2.05, 4.69) is 6.07 Å². The molecule has 3 nitrogen and oxygen atoms in total. The van der Waals surface area contributed by atoms with Crippen molar-refractivity contribution in [3.8, 4) is 11.8 Å². The molecule has 86 valence electrons. The van der Waals surface area contributed by atoms with E-state index in [0.717, 1.165) is 9.65 Å². The van der Waals surface area contributed by atoms with E-state index in [1.807, 2.05) is 42.5 Å². The zero-order valence-electron chi connectivity index (χ0n) is 9.33. The van der Waals surface area contributed by atoms with Crippen LogP contribution in [0.4, 0.5) is 0 Å². The van der Waals surface area contributed by atoms with Crippen LogP contribution in [0.1, 0.15) is 5.56 Å². The summed E-state index contributed by atoms with van der Waals surface area (Å²) in [6.07, 6.45) is 0. The van der Waals surface area contributed by atoms with Gasteiger partial charge in [-0.15, -0.1) is 0 Å². The van der Waals surface area contributed by atoms with E-state index in [4.69, 9.17) is 5.26 Å². The number of hydrogen-bond donors (Lipinski definition) is 0. The SMILES string of the molecule is N#Cc1ccccc1-n1[se]c2ccccc2c1=O. The van der Waals surface area contributed by atoms with Crippen molar-refractivity contribution in [3.05, 3.63) is 64.4 Å². The van der Waals surface area contributed by atoms with E-state index in [1.54, 1.807) is 9.63 Å². The van der Waals surface area contributed by atoms with Gasteiger partial charge in [-0.3, -0.25) is 0 Å². The molecule has 2 aromatic carbocycles. The van der Waals surface area contributed by atoms with Crippen molar-refractivity contribution in [2.75, 3.05) is 0 Å². The van der Waals surface area contributed by atoms with Gasteiger partial charge in [0, 0.05) is 0 Å². The average Bonchev–Trinajstić information content (AvgIpc) is 2.76. The van der Waals surface area contributed by atoms with Crippen molar-refractivity contribution in [1.82, 2.24) is 3.56 Å². The molecule has 18 heavy (non-hydrogen) atoms. The number of hydrogen-bond acceptors (Lipinski definition) is 2. The molecular formula is C14H8N2OSe. The van der Waals surface area contributed by atoms with Gasteiger partial charge in [0.15, 0.2) is 0 Å². The summed E-state index contributed by atoms with van der Waals surface area (Å²) < 4.78 is 2.79.